The molecule has 0 fully saturated rings. The lowest BCUT2D eigenvalue weighted by atomic mass is 10.2. The largest absolute Gasteiger partial charge is 0.488 e. The second-order valence-electron chi connectivity index (χ2n) is 2.68. The van der Waals surface area contributed by atoms with Gasteiger partial charge in [-0.1, -0.05) is 0 Å². The summed E-state index contributed by atoms with van der Waals surface area (Å²) in [5, 5.41) is 29.1. The van der Waals surface area contributed by atoms with E-state index in [1.54, 1.807) is 0 Å². The molecule has 1 amide bonds. The Bertz CT molecular complexity index is 325. The van der Waals surface area contributed by atoms with Crippen molar-refractivity contribution in [2.45, 2.75) is 12.6 Å². The lowest BCUT2D eigenvalue weighted by Gasteiger charge is -2.11. The summed E-state index contributed by atoms with van der Waals surface area (Å²) in [6.45, 7) is -0.626. The Morgan fingerprint density at radius 1 is 1.25 bits per heavy atom. The summed E-state index contributed by atoms with van der Waals surface area (Å²) in [5.74, 6) is 0. The van der Waals surface area contributed by atoms with Gasteiger partial charge in [0.25, 0.3) is 0 Å². The van der Waals surface area contributed by atoms with Crippen molar-refractivity contribution in [3.8, 4) is 0 Å². The second-order valence-corrected chi connectivity index (χ2v) is 2.68. The highest BCUT2D eigenvalue weighted by Crippen LogP contribution is 2.10. The minimum atomic E-state index is -2.74. The zero-order valence-electron chi connectivity index (χ0n) is 7.81. The molecule has 0 rings (SSSR count). The first-order chi connectivity index (χ1) is 7.20. The third kappa shape index (κ3) is 3.32. The number of nitro groups is 3. The van der Waals surface area contributed by atoms with Gasteiger partial charge >= 0.3 is 11.8 Å². The highest BCUT2D eigenvalue weighted by molar-refractivity contribution is 5.65. The third-order valence-corrected chi connectivity index (χ3v) is 1.45. The summed E-state index contributed by atoms with van der Waals surface area (Å²) >= 11 is 0. The molecule has 0 aliphatic carbocycles. The molecular formula is C4H6N4O8. The van der Waals surface area contributed by atoms with Crippen LogP contribution in [0.4, 0.5) is 4.79 Å². The van der Waals surface area contributed by atoms with Crippen LogP contribution in [0.3, 0.4) is 0 Å². The number of nitrogens with one attached hydrogen (secondary N) is 1. The summed E-state index contributed by atoms with van der Waals surface area (Å²) < 4.78 is 3.97. The van der Waals surface area contributed by atoms with Crippen LogP contribution in [-0.2, 0) is 4.74 Å². The lowest BCUT2D eigenvalue weighted by molar-refractivity contribution is -0.793. The first-order valence-electron chi connectivity index (χ1n) is 3.57. The minimum Gasteiger partial charge on any atom is -0.430 e. The van der Waals surface area contributed by atoms with Gasteiger partial charge in [-0.25, -0.2) is 14.9 Å². The van der Waals surface area contributed by atoms with E-state index in [1.807, 2.05) is 0 Å². The average molecular weight is 238 g/mol. The molecule has 0 aromatic carbocycles. The molecule has 0 aliphatic rings. The minimum absolute atomic E-state index is 0.604. The van der Waals surface area contributed by atoms with Crippen molar-refractivity contribution in [2.75, 3.05) is 6.61 Å². The van der Waals surface area contributed by atoms with Crippen molar-refractivity contribution >= 4 is 6.09 Å². The van der Waals surface area contributed by atoms with Crippen LogP contribution in [0.15, 0.2) is 0 Å². The van der Waals surface area contributed by atoms with Gasteiger partial charge in [0, 0.05) is 0 Å². The predicted octanol–water partition coefficient (Wildman–Crippen LogP) is -0.826. The fourth-order valence-electron chi connectivity index (χ4n) is 0.481. The number of hydrogen-bond acceptors (Lipinski definition) is 8. The van der Waals surface area contributed by atoms with Crippen LogP contribution < -0.4 is 5.43 Å². The van der Waals surface area contributed by atoms with E-state index in [0.29, 0.717) is 6.92 Å². The molecule has 0 saturated heterocycles. The van der Waals surface area contributed by atoms with Crippen LogP contribution in [0, 0.1) is 30.3 Å². The van der Waals surface area contributed by atoms with Crippen LogP contribution in [-0.4, -0.2) is 33.2 Å². The molecule has 0 spiro atoms. The fourth-order valence-corrected chi connectivity index (χ4v) is 0.481. The van der Waals surface area contributed by atoms with Gasteiger partial charge in [-0.15, -0.1) is 0 Å². The Morgan fingerprint density at radius 2 is 1.69 bits per heavy atom. The number of ether oxygens (including phenoxy) is 1. The number of amides is 1. The maximum absolute atomic E-state index is 10.5. The Labute approximate surface area is 86.6 Å². The monoisotopic (exact) mass is 238 g/mol. The number of nitrogens with zero attached hydrogens (tertiary/aromatic N) is 3. The van der Waals surface area contributed by atoms with Crippen molar-refractivity contribution in [1.82, 2.24) is 5.43 Å². The molecule has 12 heteroatoms. The van der Waals surface area contributed by atoms with Gasteiger partial charge in [-0.3, -0.25) is 20.2 Å². The van der Waals surface area contributed by atoms with Crippen molar-refractivity contribution in [3.63, 3.8) is 0 Å². The molecule has 0 bridgehead atoms. The summed E-state index contributed by atoms with van der Waals surface area (Å²) in [7, 11) is 0. The summed E-state index contributed by atoms with van der Waals surface area (Å²) in [4.78, 5) is 38.3. The van der Waals surface area contributed by atoms with Gasteiger partial charge in [0.1, 0.15) is 9.85 Å². The Hall–Kier alpha value is -2.53. The first-order valence-corrected chi connectivity index (χ1v) is 3.57. The molecule has 0 aromatic heterocycles. The number of hydrazine groups is 1. The Kier molecular flexibility index (Phi) is 4.05. The molecule has 0 heterocycles. The summed E-state index contributed by atoms with van der Waals surface area (Å²) in [6.07, 6.45) is -1.63. The van der Waals surface area contributed by atoms with Gasteiger partial charge in [0.05, 0.1) is 6.92 Å². The van der Waals surface area contributed by atoms with Crippen LogP contribution in [0.2, 0.25) is 0 Å². The molecule has 0 aromatic rings. The number of carbonyl (C=O) groups excluding carboxylic acids is 1. The van der Waals surface area contributed by atoms with E-state index in [2.05, 4.69) is 4.74 Å². The van der Waals surface area contributed by atoms with E-state index >= 15 is 0 Å². The van der Waals surface area contributed by atoms with Gasteiger partial charge in [-0.05, 0) is 5.43 Å². The van der Waals surface area contributed by atoms with Gasteiger partial charge in [0.2, 0.25) is 6.61 Å². The van der Waals surface area contributed by atoms with E-state index < -0.39 is 33.2 Å². The van der Waals surface area contributed by atoms with E-state index in [0.717, 1.165) is 5.43 Å². The Balaban J connectivity index is 4.46. The normalized spacial score (nSPS) is 10.3. The summed E-state index contributed by atoms with van der Waals surface area (Å²) in [5.41, 5.74) is -1.73. The second kappa shape index (κ2) is 4.81. The van der Waals surface area contributed by atoms with Crippen molar-refractivity contribution in [2.24, 2.45) is 0 Å². The van der Waals surface area contributed by atoms with Gasteiger partial charge in [-0.2, -0.15) is 0 Å². The van der Waals surface area contributed by atoms with Gasteiger partial charge in [0.15, 0.2) is 5.03 Å². The molecule has 90 valence electrons. The molecule has 0 radical (unpaired) electrons. The lowest BCUT2D eigenvalue weighted by Crippen LogP contribution is -2.48. The molecule has 0 unspecified atom stereocenters. The smallest absolute Gasteiger partial charge is 0.430 e. The SMILES string of the molecule is CC(COC(=O)N[N+](=O)[O-])([N+](=O)[O-])[N+](=O)[O-]. The fraction of sp³-hybridized carbons (Fsp3) is 0.750. The number of carbonyl (C=O) groups is 1. The van der Waals surface area contributed by atoms with Crippen LogP contribution in [0.5, 0.6) is 0 Å². The van der Waals surface area contributed by atoms with Crippen molar-refractivity contribution in [1.29, 1.82) is 0 Å². The molecule has 0 atom stereocenters. The number of rotatable bonds is 5. The highest BCUT2D eigenvalue weighted by atomic mass is 16.7. The first kappa shape index (κ1) is 13.5. The zero-order chi connectivity index (χ0) is 12.9. The zero-order valence-corrected chi connectivity index (χ0v) is 7.81. The van der Waals surface area contributed by atoms with E-state index in [-0.39, 0.29) is 0 Å². The molecule has 16 heavy (non-hydrogen) atoms. The maximum atomic E-state index is 10.5. The van der Waals surface area contributed by atoms with Crippen molar-refractivity contribution in [3.05, 3.63) is 30.3 Å². The van der Waals surface area contributed by atoms with Crippen LogP contribution in [0.25, 0.3) is 0 Å². The average Bonchev–Trinajstić information content (AvgIpc) is 2.12. The Morgan fingerprint density at radius 3 is 2.00 bits per heavy atom. The van der Waals surface area contributed by atoms with Crippen LogP contribution >= 0.6 is 0 Å². The maximum Gasteiger partial charge on any atom is 0.488 e. The topological polar surface area (TPSA) is 168 Å². The van der Waals surface area contributed by atoms with E-state index in [9.17, 15) is 35.1 Å². The van der Waals surface area contributed by atoms with Crippen molar-refractivity contribution < 1.29 is 24.4 Å². The predicted molar refractivity (Wildman–Crippen MR) is 43.9 cm³/mol. The standard InChI is InChI=1S/C4H6N4O8/c1-4(6(10)11,7(12)13)2-16-3(9)5-8(14)15/h2H2,1H3,(H,5,9). The third-order valence-electron chi connectivity index (χ3n) is 1.45. The molecule has 0 saturated carbocycles. The highest BCUT2D eigenvalue weighted by Gasteiger charge is 2.52. The molecule has 0 aliphatic heterocycles. The summed E-state index contributed by atoms with van der Waals surface area (Å²) in [6, 6.07) is 0. The molecule has 1 N–H and O–H groups in total. The molecule has 12 nitrogen and oxygen atoms in total. The van der Waals surface area contributed by atoms with Crippen LogP contribution in [0.1, 0.15) is 6.92 Å². The van der Waals surface area contributed by atoms with Gasteiger partial charge < -0.3 is 4.74 Å². The van der Waals surface area contributed by atoms with E-state index in [1.165, 1.54) is 0 Å². The molecular weight excluding hydrogens is 232 g/mol. The number of hydrogen-bond donors (Lipinski definition) is 1. The quantitative estimate of drug-likeness (QED) is 0.367. The van der Waals surface area contributed by atoms with E-state index in [4.69, 9.17) is 0 Å².